The fraction of sp³-hybridized carbons (Fsp3) is 0.217. The van der Waals surface area contributed by atoms with Gasteiger partial charge in [-0.2, -0.15) is 9.97 Å². The van der Waals surface area contributed by atoms with Gasteiger partial charge in [-0.3, -0.25) is 0 Å². The molecule has 4 aromatic rings. The average molecular weight is 482 g/mol. The summed E-state index contributed by atoms with van der Waals surface area (Å²) in [5.74, 6) is 0.472. The summed E-state index contributed by atoms with van der Waals surface area (Å²) in [7, 11) is 0. The number of aryl methyl sites for hydroxylation is 2. The molecule has 0 fully saturated rings. The highest BCUT2D eigenvalue weighted by atomic mass is 79.9. The molecular formula is C23H21BrFN5O. The van der Waals surface area contributed by atoms with Crippen molar-refractivity contribution in [3.05, 3.63) is 69.6 Å². The van der Waals surface area contributed by atoms with Crippen molar-refractivity contribution in [2.45, 2.75) is 27.3 Å². The summed E-state index contributed by atoms with van der Waals surface area (Å²) in [5, 5.41) is 3.14. The molecule has 2 aromatic carbocycles. The van der Waals surface area contributed by atoms with Crippen molar-refractivity contribution in [3.63, 3.8) is 0 Å². The lowest BCUT2D eigenvalue weighted by atomic mass is 10.0. The summed E-state index contributed by atoms with van der Waals surface area (Å²) in [6.45, 7) is 6.84. The molecule has 0 spiro atoms. The largest absolute Gasteiger partial charge is 0.476 e. The Balaban J connectivity index is 1.70. The third kappa shape index (κ3) is 4.64. The molecule has 0 bridgehead atoms. The Kier molecular flexibility index (Phi) is 6.08. The molecule has 0 aliphatic carbocycles. The van der Waals surface area contributed by atoms with Crippen LogP contribution in [0.25, 0.3) is 22.4 Å². The highest BCUT2D eigenvalue weighted by Crippen LogP contribution is 2.30. The van der Waals surface area contributed by atoms with Crippen LogP contribution in [-0.4, -0.2) is 26.5 Å². The molecule has 158 valence electrons. The maximum atomic E-state index is 13.1. The lowest BCUT2D eigenvalue weighted by Crippen LogP contribution is -2.07. The van der Waals surface area contributed by atoms with Crippen LogP contribution >= 0.6 is 15.9 Å². The van der Waals surface area contributed by atoms with Gasteiger partial charge in [-0.25, -0.2) is 14.4 Å². The first-order valence-corrected chi connectivity index (χ1v) is 10.7. The summed E-state index contributed by atoms with van der Waals surface area (Å²) in [6, 6.07) is 10.4. The molecule has 4 rings (SSSR count). The van der Waals surface area contributed by atoms with Gasteiger partial charge in [0.2, 0.25) is 11.8 Å². The molecule has 0 aliphatic heterocycles. The molecule has 0 amide bonds. The van der Waals surface area contributed by atoms with E-state index < -0.39 is 0 Å². The number of benzene rings is 2. The molecule has 1 N–H and O–H groups in total. The van der Waals surface area contributed by atoms with E-state index in [-0.39, 0.29) is 5.82 Å². The van der Waals surface area contributed by atoms with Crippen LogP contribution in [0.4, 0.5) is 10.3 Å². The SMILES string of the molecule is CCOc1nc(NCc2ccc(F)cc2)nc2ncc(-c3cc(C)c(Br)cc3C)nc12. The number of rotatable bonds is 6. The lowest BCUT2D eigenvalue weighted by Gasteiger charge is -2.12. The number of fused-ring (bicyclic) bond motifs is 1. The Morgan fingerprint density at radius 3 is 2.55 bits per heavy atom. The molecule has 0 saturated heterocycles. The summed E-state index contributed by atoms with van der Waals surface area (Å²) < 4.78 is 19.9. The third-order valence-electron chi connectivity index (χ3n) is 4.80. The molecular weight excluding hydrogens is 461 g/mol. The lowest BCUT2D eigenvalue weighted by molar-refractivity contribution is 0.330. The van der Waals surface area contributed by atoms with Gasteiger partial charge in [-0.15, -0.1) is 0 Å². The van der Waals surface area contributed by atoms with Crippen LogP contribution in [0.5, 0.6) is 5.88 Å². The van der Waals surface area contributed by atoms with Gasteiger partial charge in [0.05, 0.1) is 18.5 Å². The van der Waals surface area contributed by atoms with Crippen LogP contribution in [0.15, 0.2) is 47.1 Å². The zero-order valence-electron chi connectivity index (χ0n) is 17.4. The zero-order chi connectivity index (χ0) is 22.0. The van der Waals surface area contributed by atoms with Crippen LogP contribution < -0.4 is 10.1 Å². The van der Waals surface area contributed by atoms with E-state index in [2.05, 4.69) is 48.3 Å². The van der Waals surface area contributed by atoms with Gasteiger partial charge in [-0.1, -0.05) is 28.1 Å². The number of aromatic nitrogens is 4. The second kappa shape index (κ2) is 8.93. The van der Waals surface area contributed by atoms with Crippen molar-refractivity contribution in [2.24, 2.45) is 0 Å². The van der Waals surface area contributed by atoms with Crippen molar-refractivity contribution in [1.82, 2.24) is 19.9 Å². The van der Waals surface area contributed by atoms with Gasteiger partial charge < -0.3 is 10.1 Å². The minimum absolute atomic E-state index is 0.272. The molecule has 0 saturated carbocycles. The monoisotopic (exact) mass is 481 g/mol. The molecule has 0 aliphatic rings. The summed E-state index contributed by atoms with van der Waals surface area (Å²) in [5.41, 5.74) is 5.78. The molecule has 8 heteroatoms. The van der Waals surface area contributed by atoms with E-state index in [1.54, 1.807) is 18.3 Å². The normalized spacial score (nSPS) is 11.0. The van der Waals surface area contributed by atoms with E-state index in [0.29, 0.717) is 36.1 Å². The van der Waals surface area contributed by atoms with Crippen molar-refractivity contribution in [3.8, 4) is 17.1 Å². The van der Waals surface area contributed by atoms with Crippen molar-refractivity contribution in [2.75, 3.05) is 11.9 Å². The first-order valence-electron chi connectivity index (χ1n) is 9.87. The molecule has 2 aromatic heterocycles. The van der Waals surface area contributed by atoms with Gasteiger partial charge in [0.25, 0.3) is 0 Å². The van der Waals surface area contributed by atoms with Gasteiger partial charge in [-0.05, 0) is 61.7 Å². The minimum Gasteiger partial charge on any atom is -0.476 e. The standard InChI is InChI=1S/C23H21BrFN5O/c1-4-31-22-20-21(29-23(30-22)27-11-15-5-7-16(25)8-6-15)26-12-19(28-20)17-9-14(3)18(24)10-13(17)2/h5-10,12H,4,11H2,1-3H3,(H,26,27,29,30). The van der Waals surface area contributed by atoms with E-state index >= 15 is 0 Å². The summed E-state index contributed by atoms with van der Waals surface area (Å²) >= 11 is 3.57. The number of hydrogen-bond donors (Lipinski definition) is 1. The van der Waals surface area contributed by atoms with E-state index in [0.717, 1.165) is 32.4 Å². The topological polar surface area (TPSA) is 72.8 Å². The molecule has 2 heterocycles. The number of nitrogens with one attached hydrogen (secondary N) is 1. The van der Waals surface area contributed by atoms with Crippen LogP contribution in [0, 0.1) is 19.7 Å². The smallest absolute Gasteiger partial charge is 0.247 e. The third-order valence-corrected chi connectivity index (χ3v) is 5.66. The number of nitrogens with zero attached hydrogens (tertiary/aromatic N) is 4. The van der Waals surface area contributed by atoms with Crippen molar-refractivity contribution >= 4 is 33.0 Å². The Morgan fingerprint density at radius 1 is 1.03 bits per heavy atom. The fourth-order valence-electron chi connectivity index (χ4n) is 3.17. The highest BCUT2D eigenvalue weighted by molar-refractivity contribution is 9.10. The second-order valence-electron chi connectivity index (χ2n) is 7.11. The Hall–Kier alpha value is -3.13. The number of anilines is 1. The maximum Gasteiger partial charge on any atom is 0.247 e. The highest BCUT2D eigenvalue weighted by Gasteiger charge is 2.15. The molecule has 6 nitrogen and oxygen atoms in total. The van der Waals surface area contributed by atoms with Crippen LogP contribution in [0.2, 0.25) is 0 Å². The first kappa shape index (κ1) is 21.1. The molecule has 0 unspecified atom stereocenters. The minimum atomic E-state index is -0.272. The van der Waals surface area contributed by atoms with Gasteiger partial charge in [0.1, 0.15) is 5.82 Å². The van der Waals surface area contributed by atoms with Gasteiger partial charge >= 0.3 is 0 Å². The van der Waals surface area contributed by atoms with Crippen LogP contribution in [0.3, 0.4) is 0 Å². The fourth-order valence-corrected chi connectivity index (χ4v) is 3.63. The zero-order valence-corrected chi connectivity index (χ0v) is 19.0. The van der Waals surface area contributed by atoms with Crippen molar-refractivity contribution in [1.29, 1.82) is 0 Å². The molecule has 0 atom stereocenters. The van der Waals surface area contributed by atoms with E-state index in [1.165, 1.54) is 12.1 Å². The average Bonchev–Trinajstić information content (AvgIpc) is 2.76. The predicted molar refractivity (Wildman–Crippen MR) is 123 cm³/mol. The van der Waals surface area contributed by atoms with E-state index in [1.807, 2.05) is 20.8 Å². The maximum absolute atomic E-state index is 13.1. The number of ether oxygens (including phenoxy) is 1. The Morgan fingerprint density at radius 2 is 1.81 bits per heavy atom. The predicted octanol–water partition coefficient (Wildman–Crippen LogP) is 5.62. The van der Waals surface area contributed by atoms with Crippen molar-refractivity contribution < 1.29 is 9.13 Å². The Labute approximate surface area is 188 Å². The number of halogens is 2. The van der Waals surface area contributed by atoms with Crippen LogP contribution in [-0.2, 0) is 6.54 Å². The molecule has 0 radical (unpaired) electrons. The van der Waals surface area contributed by atoms with Gasteiger partial charge in [0.15, 0.2) is 11.2 Å². The quantitative estimate of drug-likeness (QED) is 0.385. The van der Waals surface area contributed by atoms with Crippen LogP contribution in [0.1, 0.15) is 23.6 Å². The number of hydrogen-bond acceptors (Lipinski definition) is 6. The van der Waals surface area contributed by atoms with E-state index in [4.69, 9.17) is 9.72 Å². The Bertz CT molecular complexity index is 1250. The summed E-state index contributed by atoms with van der Waals surface area (Å²) in [4.78, 5) is 18.3. The summed E-state index contributed by atoms with van der Waals surface area (Å²) in [6.07, 6.45) is 1.71. The first-order chi connectivity index (χ1) is 14.9. The second-order valence-corrected chi connectivity index (χ2v) is 7.96. The van der Waals surface area contributed by atoms with E-state index in [9.17, 15) is 4.39 Å². The molecule has 31 heavy (non-hydrogen) atoms. The van der Waals surface area contributed by atoms with Gasteiger partial charge in [0, 0.05) is 16.6 Å².